The number of fused-ring (bicyclic) bond motifs is 1. The molecule has 5 heteroatoms. The summed E-state index contributed by atoms with van der Waals surface area (Å²) in [7, 11) is 0. The van der Waals surface area contributed by atoms with Crippen LogP contribution in [-0.2, 0) is 4.79 Å². The summed E-state index contributed by atoms with van der Waals surface area (Å²) in [6.45, 7) is 1.63. The lowest BCUT2D eigenvalue weighted by Gasteiger charge is -2.10. The molecule has 0 saturated carbocycles. The predicted molar refractivity (Wildman–Crippen MR) is 85.6 cm³/mol. The Kier molecular flexibility index (Phi) is 3.61. The van der Waals surface area contributed by atoms with Crippen LogP contribution in [0.15, 0.2) is 41.1 Å². The van der Waals surface area contributed by atoms with Gasteiger partial charge in [-0.25, -0.2) is 0 Å². The molecule has 2 aromatic heterocycles. The first-order valence-corrected chi connectivity index (χ1v) is 8.16. The van der Waals surface area contributed by atoms with Crippen LogP contribution in [-0.4, -0.2) is 16.9 Å². The fraction of sp³-hybridized carbons (Fsp3) is 0.125. The van der Waals surface area contributed by atoms with Gasteiger partial charge in [0.1, 0.15) is 0 Å². The van der Waals surface area contributed by atoms with E-state index >= 15 is 0 Å². The molecular formula is C16H12O3S2. The molecule has 0 aliphatic carbocycles. The fourth-order valence-corrected chi connectivity index (χ4v) is 3.78. The molecule has 0 saturated heterocycles. The number of carbonyl (C=O) groups excluding carboxylic acids is 1. The molecule has 2 heterocycles. The minimum atomic E-state index is -0.890. The van der Waals surface area contributed by atoms with Crippen molar-refractivity contribution in [3.05, 3.63) is 57.1 Å². The molecule has 21 heavy (non-hydrogen) atoms. The summed E-state index contributed by atoms with van der Waals surface area (Å²) in [5, 5.41) is 13.9. The Bertz CT molecular complexity index is 815. The summed E-state index contributed by atoms with van der Waals surface area (Å²) in [4.78, 5) is 24.5. The monoisotopic (exact) mass is 316 g/mol. The third-order valence-electron chi connectivity index (χ3n) is 3.43. The average Bonchev–Trinajstić information content (AvgIpc) is 3.15. The summed E-state index contributed by atoms with van der Waals surface area (Å²) >= 11 is 2.90. The molecular weight excluding hydrogens is 304 g/mol. The molecule has 3 rings (SSSR count). The van der Waals surface area contributed by atoms with Crippen molar-refractivity contribution in [2.24, 2.45) is 0 Å². The summed E-state index contributed by atoms with van der Waals surface area (Å²) in [6.07, 6.45) is 0. The second-order valence-electron chi connectivity index (χ2n) is 4.77. The van der Waals surface area contributed by atoms with Crippen molar-refractivity contribution >= 4 is 44.5 Å². The Morgan fingerprint density at radius 2 is 1.95 bits per heavy atom. The van der Waals surface area contributed by atoms with Crippen molar-refractivity contribution in [3.63, 3.8) is 0 Å². The quantitative estimate of drug-likeness (QED) is 0.727. The van der Waals surface area contributed by atoms with Crippen LogP contribution in [0.5, 0.6) is 0 Å². The van der Waals surface area contributed by atoms with Gasteiger partial charge in [0.2, 0.25) is 5.78 Å². The summed E-state index contributed by atoms with van der Waals surface area (Å²) in [5.41, 5.74) is 1.25. The standard InChI is InChI=1S/C16H12O3S2/c1-9(16(18)19)11-7-10-4-6-21-15(10)12(8-11)14(17)13-3-2-5-20-13/h2-9H,1H3,(H,18,19). The van der Waals surface area contributed by atoms with Crippen LogP contribution in [0, 0.1) is 0 Å². The first-order chi connectivity index (χ1) is 10.1. The highest BCUT2D eigenvalue weighted by atomic mass is 32.1. The van der Waals surface area contributed by atoms with Crippen molar-refractivity contribution in [1.82, 2.24) is 0 Å². The Morgan fingerprint density at radius 1 is 1.14 bits per heavy atom. The topological polar surface area (TPSA) is 54.4 Å². The Labute approximate surface area is 129 Å². The largest absolute Gasteiger partial charge is 0.481 e. The van der Waals surface area contributed by atoms with Crippen LogP contribution >= 0.6 is 22.7 Å². The van der Waals surface area contributed by atoms with Crippen LogP contribution in [0.2, 0.25) is 0 Å². The van der Waals surface area contributed by atoms with Gasteiger partial charge in [0.15, 0.2) is 0 Å². The van der Waals surface area contributed by atoms with Crippen LogP contribution in [0.25, 0.3) is 10.1 Å². The Morgan fingerprint density at radius 3 is 2.62 bits per heavy atom. The summed E-state index contributed by atoms with van der Waals surface area (Å²) in [6, 6.07) is 9.13. The van der Waals surface area contributed by atoms with E-state index in [4.69, 9.17) is 0 Å². The van der Waals surface area contributed by atoms with E-state index in [9.17, 15) is 14.7 Å². The third-order valence-corrected chi connectivity index (χ3v) is 5.27. The zero-order chi connectivity index (χ0) is 15.0. The second-order valence-corrected chi connectivity index (χ2v) is 6.64. The van der Waals surface area contributed by atoms with Crippen LogP contribution in [0.4, 0.5) is 0 Å². The van der Waals surface area contributed by atoms with Crippen molar-refractivity contribution in [3.8, 4) is 0 Å². The van der Waals surface area contributed by atoms with Gasteiger partial charge in [-0.3, -0.25) is 9.59 Å². The van der Waals surface area contributed by atoms with Crippen LogP contribution in [0.3, 0.4) is 0 Å². The van der Waals surface area contributed by atoms with E-state index in [1.54, 1.807) is 19.1 Å². The summed E-state index contributed by atoms with van der Waals surface area (Å²) < 4.78 is 0.912. The Hall–Kier alpha value is -1.98. The minimum absolute atomic E-state index is 0.0445. The number of rotatable bonds is 4. The fourth-order valence-electron chi connectivity index (χ4n) is 2.21. The number of benzene rings is 1. The lowest BCUT2D eigenvalue weighted by atomic mass is 9.96. The highest BCUT2D eigenvalue weighted by Gasteiger charge is 2.20. The van der Waals surface area contributed by atoms with Crippen molar-refractivity contribution in [2.75, 3.05) is 0 Å². The molecule has 1 unspecified atom stereocenters. The highest BCUT2D eigenvalue weighted by molar-refractivity contribution is 7.18. The molecule has 1 atom stereocenters. The maximum atomic E-state index is 12.6. The molecule has 0 fully saturated rings. The van der Waals surface area contributed by atoms with E-state index in [1.165, 1.54) is 22.7 Å². The van der Waals surface area contributed by atoms with Gasteiger partial charge in [-0.1, -0.05) is 6.07 Å². The molecule has 0 aliphatic rings. The first-order valence-electron chi connectivity index (χ1n) is 6.40. The lowest BCUT2D eigenvalue weighted by Crippen LogP contribution is -2.09. The number of ketones is 1. The number of hydrogen-bond donors (Lipinski definition) is 1. The molecule has 3 aromatic rings. The second kappa shape index (κ2) is 5.42. The van der Waals surface area contributed by atoms with E-state index in [0.717, 1.165) is 10.1 Å². The number of aliphatic carboxylic acids is 1. The van der Waals surface area contributed by atoms with E-state index < -0.39 is 11.9 Å². The van der Waals surface area contributed by atoms with E-state index in [1.807, 2.05) is 29.0 Å². The molecule has 0 aliphatic heterocycles. The normalized spacial score (nSPS) is 12.4. The zero-order valence-corrected chi connectivity index (χ0v) is 12.8. The van der Waals surface area contributed by atoms with Gasteiger partial charge in [0.25, 0.3) is 0 Å². The number of carboxylic acids is 1. The molecule has 3 nitrogen and oxygen atoms in total. The smallest absolute Gasteiger partial charge is 0.310 e. The molecule has 0 bridgehead atoms. The van der Waals surface area contributed by atoms with Crippen molar-refractivity contribution in [2.45, 2.75) is 12.8 Å². The predicted octanol–water partition coefficient (Wildman–Crippen LogP) is 4.38. The van der Waals surface area contributed by atoms with E-state index in [0.29, 0.717) is 16.0 Å². The van der Waals surface area contributed by atoms with Gasteiger partial charge < -0.3 is 5.11 Å². The third kappa shape index (κ3) is 2.50. The number of carbonyl (C=O) groups is 2. The summed E-state index contributed by atoms with van der Waals surface area (Å²) in [5.74, 6) is -1.57. The van der Waals surface area contributed by atoms with Crippen molar-refractivity contribution < 1.29 is 14.7 Å². The van der Waals surface area contributed by atoms with Gasteiger partial charge >= 0.3 is 5.97 Å². The van der Waals surface area contributed by atoms with Gasteiger partial charge in [-0.2, -0.15) is 0 Å². The van der Waals surface area contributed by atoms with E-state index in [-0.39, 0.29) is 5.78 Å². The van der Waals surface area contributed by atoms with Crippen LogP contribution < -0.4 is 0 Å². The minimum Gasteiger partial charge on any atom is -0.481 e. The van der Waals surface area contributed by atoms with Gasteiger partial charge in [0.05, 0.1) is 10.8 Å². The number of carboxylic acid groups (broad SMARTS) is 1. The highest BCUT2D eigenvalue weighted by Crippen LogP contribution is 2.31. The maximum absolute atomic E-state index is 12.6. The molecule has 0 amide bonds. The number of thiophene rings is 2. The van der Waals surface area contributed by atoms with E-state index in [2.05, 4.69) is 0 Å². The maximum Gasteiger partial charge on any atom is 0.310 e. The lowest BCUT2D eigenvalue weighted by molar-refractivity contribution is -0.138. The van der Waals surface area contributed by atoms with Crippen molar-refractivity contribution in [1.29, 1.82) is 0 Å². The molecule has 0 radical (unpaired) electrons. The molecule has 106 valence electrons. The zero-order valence-electron chi connectivity index (χ0n) is 11.2. The molecule has 1 N–H and O–H groups in total. The van der Waals surface area contributed by atoms with Gasteiger partial charge in [-0.15, -0.1) is 22.7 Å². The van der Waals surface area contributed by atoms with Gasteiger partial charge in [-0.05, 0) is 52.9 Å². The molecule has 1 aromatic carbocycles. The van der Waals surface area contributed by atoms with Gasteiger partial charge in [0, 0.05) is 10.3 Å². The number of hydrogen-bond acceptors (Lipinski definition) is 4. The Balaban J connectivity index is 2.18. The average molecular weight is 316 g/mol. The SMILES string of the molecule is CC(C(=O)O)c1cc(C(=O)c2cccs2)c2sccc2c1. The van der Waals surface area contributed by atoms with Crippen LogP contribution in [0.1, 0.15) is 33.6 Å². The first kappa shape index (κ1) is 14.0. The molecule has 0 spiro atoms.